The van der Waals surface area contributed by atoms with E-state index in [1.165, 1.54) is 11.1 Å². The van der Waals surface area contributed by atoms with Gasteiger partial charge in [-0.2, -0.15) is 0 Å². The third-order valence-corrected chi connectivity index (χ3v) is 4.95. The van der Waals surface area contributed by atoms with Crippen LogP contribution < -0.4 is 0 Å². The molecule has 1 N–H and O–H groups in total. The third kappa shape index (κ3) is 4.05. The molecule has 0 aliphatic rings. The van der Waals surface area contributed by atoms with E-state index in [1.807, 2.05) is 30.3 Å². The monoisotopic (exact) mass is 359 g/mol. The van der Waals surface area contributed by atoms with Crippen LogP contribution in [0.3, 0.4) is 0 Å². The first-order valence-electron chi connectivity index (χ1n) is 9.47. The molecule has 0 aliphatic carbocycles. The van der Waals surface area contributed by atoms with Gasteiger partial charge in [0.05, 0.1) is 5.69 Å². The van der Waals surface area contributed by atoms with Gasteiger partial charge in [0.15, 0.2) is 0 Å². The van der Waals surface area contributed by atoms with Gasteiger partial charge in [0, 0.05) is 11.8 Å². The van der Waals surface area contributed by atoms with Crippen LogP contribution in [0.5, 0.6) is 5.75 Å². The number of fused-ring (bicyclic) bond motifs is 1. The van der Waals surface area contributed by atoms with E-state index in [0.717, 1.165) is 22.0 Å². The molecule has 3 aromatic carbocycles. The van der Waals surface area contributed by atoms with E-state index in [0.29, 0.717) is 0 Å². The second kappa shape index (κ2) is 6.84. The molecule has 0 aromatic heterocycles. The van der Waals surface area contributed by atoms with Gasteiger partial charge in [0.25, 0.3) is 0 Å². The Kier molecular flexibility index (Phi) is 4.86. The van der Waals surface area contributed by atoms with E-state index < -0.39 is 0 Å². The molecule has 0 spiro atoms. The predicted octanol–water partition coefficient (Wildman–Crippen LogP) is 6.89. The van der Waals surface area contributed by atoms with Crippen LogP contribution >= 0.6 is 0 Å². The summed E-state index contributed by atoms with van der Waals surface area (Å²) in [6, 6.07) is 18.3. The summed E-state index contributed by atoms with van der Waals surface area (Å²) in [6.45, 7) is 13.2. The smallest absolute Gasteiger partial charge is 0.124 e. The lowest BCUT2D eigenvalue weighted by Gasteiger charge is -2.25. The molecule has 0 fully saturated rings. The molecule has 3 rings (SSSR count). The van der Waals surface area contributed by atoms with Gasteiger partial charge in [-0.3, -0.25) is 4.99 Å². The van der Waals surface area contributed by atoms with Crippen LogP contribution in [0.1, 0.15) is 58.2 Å². The first-order chi connectivity index (χ1) is 12.6. The highest BCUT2D eigenvalue weighted by atomic mass is 16.3. The van der Waals surface area contributed by atoms with E-state index in [1.54, 1.807) is 12.3 Å². The fraction of sp³-hybridized carbons (Fsp3) is 0.320. The van der Waals surface area contributed by atoms with Crippen LogP contribution in [0, 0.1) is 0 Å². The minimum atomic E-state index is -0.0100. The number of phenolic OH excluding ortho intramolecular Hbond substituents is 1. The summed E-state index contributed by atoms with van der Waals surface area (Å²) in [6.07, 6.45) is 1.80. The van der Waals surface area contributed by atoms with Crippen LogP contribution in [0.2, 0.25) is 0 Å². The third-order valence-electron chi connectivity index (χ3n) is 4.95. The maximum atomic E-state index is 10.4. The molecular weight excluding hydrogens is 330 g/mol. The zero-order chi connectivity index (χ0) is 19.8. The van der Waals surface area contributed by atoms with Crippen molar-refractivity contribution in [2.45, 2.75) is 52.4 Å². The van der Waals surface area contributed by atoms with Crippen molar-refractivity contribution in [2.75, 3.05) is 0 Å². The van der Waals surface area contributed by atoms with Crippen molar-refractivity contribution in [1.82, 2.24) is 0 Å². The second-order valence-corrected chi connectivity index (χ2v) is 9.21. The van der Waals surface area contributed by atoms with E-state index in [-0.39, 0.29) is 16.6 Å². The summed E-state index contributed by atoms with van der Waals surface area (Å²) < 4.78 is 0. The number of aliphatic imine (C=N–C) groups is 1. The van der Waals surface area contributed by atoms with Gasteiger partial charge >= 0.3 is 0 Å². The Balaban J connectivity index is 2.16. The predicted molar refractivity (Wildman–Crippen MR) is 117 cm³/mol. The highest BCUT2D eigenvalue weighted by Gasteiger charge is 2.21. The number of aromatic hydroxyl groups is 1. The Hall–Kier alpha value is -2.61. The van der Waals surface area contributed by atoms with Crippen molar-refractivity contribution in [3.8, 4) is 5.75 Å². The molecule has 2 nitrogen and oxygen atoms in total. The molecule has 0 bridgehead atoms. The van der Waals surface area contributed by atoms with Gasteiger partial charge in [-0.1, -0.05) is 84.0 Å². The van der Waals surface area contributed by atoms with E-state index in [4.69, 9.17) is 4.99 Å². The molecule has 0 unspecified atom stereocenters. The number of rotatable bonds is 2. The first-order valence-corrected chi connectivity index (χ1v) is 9.47. The summed E-state index contributed by atoms with van der Waals surface area (Å²) in [5.74, 6) is 0.252. The van der Waals surface area contributed by atoms with E-state index in [9.17, 15) is 5.11 Å². The molecule has 0 saturated carbocycles. The topological polar surface area (TPSA) is 32.6 Å². The SMILES string of the molecule is CC(C)(C)c1ccc(C(C)(C)C)c(N=Cc2c(O)ccc3ccccc23)c1. The fourth-order valence-corrected chi connectivity index (χ4v) is 3.29. The van der Waals surface area contributed by atoms with Gasteiger partial charge < -0.3 is 5.11 Å². The molecule has 0 saturated heterocycles. The standard InChI is InChI=1S/C25H29NO/c1-24(2,3)18-12-13-21(25(4,5)6)22(15-18)26-16-20-19-10-8-7-9-17(19)11-14-23(20)27/h7-16,27H,1-6H3. The lowest BCUT2D eigenvalue weighted by atomic mass is 9.81. The number of phenols is 1. The molecule has 140 valence electrons. The van der Waals surface area contributed by atoms with Crippen LogP contribution in [0.4, 0.5) is 5.69 Å². The minimum Gasteiger partial charge on any atom is -0.507 e. The Morgan fingerprint density at radius 3 is 2.19 bits per heavy atom. The van der Waals surface area contributed by atoms with Crippen molar-refractivity contribution in [3.05, 3.63) is 71.3 Å². The van der Waals surface area contributed by atoms with Crippen LogP contribution in [0.15, 0.2) is 59.6 Å². The number of hydrogen-bond donors (Lipinski definition) is 1. The molecule has 0 aliphatic heterocycles. The fourth-order valence-electron chi connectivity index (χ4n) is 3.29. The lowest BCUT2D eigenvalue weighted by Crippen LogP contribution is -2.15. The zero-order valence-corrected chi connectivity index (χ0v) is 17.2. The normalized spacial score (nSPS) is 12.8. The molecule has 0 radical (unpaired) electrons. The van der Waals surface area contributed by atoms with Crippen molar-refractivity contribution in [1.29, 1.82) is 0 Å². The van der Waals surface area contributed by atoms with E-state index >= 15 is 0 Å². The molecule has 2 heteroatoms. The lowest BCUT2D eigenvalue weighted by molar-refractivity contribution is 0.475. The summed E-state index contributed by atoms with van der Waals surface area (Å²) in [5, 5.41) is 12.5. The van der Waals surface area contributed by atoms with Gasteiger partial charge in [-0.25, -0.2) is 0 Å². The van der Waals surface area contributed by atoms with Crippen LogP contribution in [0.25, 0.3) is 10.8 Å². The highest BCUT2D eigenvalue weighted by Crippen LogP contribution is 2.36. The largest absolute Gasteiger partial charge is 0.507 e. The molecule has 0 amide bonds. The number of benzene rings is 3. The average molecular weight is 360 g/mol. The Labute approximate surface area is 162 Å². The maximum absolute atomic E-state index is 10.4. The van der Waals surface area contributed by atoms with Crippen LogP contribution in [-0.4, -0.2) is 11.3 Å². The molecule has 27 heavy (non-hydrogen) atoms. The number of hydrogen-bond acceptors (Lipinski definition) is 2. The van der Waals surface area contributed by atoms with Crippen molar-refractivity contribution < 1.29 is 5.11 Å². The van der Waals surface area contributed by atoms with Gasteiger partial charge in [-0.05, 0) is 44.9 Å². The summed E-state index contributed by atoms with van der Waals surface area (Å²) >= 11 is 0. The quantitative estimate of drug-likeness (QED) is 0.496. The molecule has 0 atom stereocenters. The van der Waals surface area contributed by atoms with Gasteiger partial charge in [0.2, 0.25) is 0 Å². The minimum absolute atomic E-state index is 0.0100. The highest BCUT2D eigenvalue weighted by molar-refractivity contribution is 6.03. The molecular formula is C25H29NO. The maximum Gasteiger partial charge on any atom is 0.124 e. The van der Waals surface area contributed by atoms with E-state index in [2.05, 4.69) is 59.7 Å². The summed E-state index contributed by atoms with van der Waals surface area (Å²) in [4.78, 5) is 4.84. The van der Waals surface area contributed by atoms with Gasteiger partial charge in [0.1, 0.15) is 5.75 Å². The first kappa shape index (κ1) is 19.2. The van der Waals surface area contributed by atoms with Crippen molar-refractivity contribution in [2.24, 2.45) is 4.99 Å². The van der Waals surface area contributed by atoms with Crippen LogP contribution in [-0.2, 0) is 10.8 Å². The molecule has 3 aromatic rings. The second-order valence-electron chi connectivity index (χ2n) is 9.21. The zero-order valence-electron chi connectivity index (χ0n) is 17.2. The number of nitrogens with zero attached hydrogens (tertiary/aromatic N) is 1. The average Bonchev–Trinajstić information content (AvgIpc) is 2.59. The van der Waals surface area contributed by atoms with Crippen molar-refractivity contribution >= 4 is 22.7 Å². The Morgan fingerprint density at radius 1 is 0.815 bits per heavy atom. The molecule has 0 heterocycles. The van der Waals surface area contributed by atoms with Crippen molar-refractivity contribution in [3.63, 3.8) is 0 Å². The Bertz CT molecular complexity index is 1000. The Morgan fingerprint density at radius 2 is 1.52 bits per heavy atom. The summed E-state index contributed by atoms with van der Waals surface area (Å²) in [7, 11) is 0. The van der Waals surface area contributed by atoms with Gasteiger partial charge in [-0.15, -0.1) is 0 Å². The summed E-state index contributed by atoms with van der Waals surface area (Å²) in [5.41, 5.74) is 4.22.